The molecular weight excluding hydrogens is 435 g/mol. The number of carbonyl (C=O) groups is 2. The van der Waals surface area contributed by atoms with Crippen molar-refractivity contribution in [3.8, 4) is 5.75 Å². The normalized spacial score (nSPS) is 12.3. The topological polar surface area (TPSA) is 58.6 Å². The summed E-state index contributed by atoms with van der Waals surface area (Å²) < 4.78 is 5.75. The van der Waals surface area contributed by atoms with Gasteiger partial charge in [0.1, 0.15) is 11.8 Å². The molecule has 0 saturated heterocycles. The number of benzene rings is 2. The molecule has 0 heterocycles. The van der Waals surface area contributed by atoms with Crippen molar-refractivity contribution < 1.29 is 14.3 Å². The Kier molecular flexibility index (Phi) is 8.38. The maximum atomic E-state index is 13.1. The molecule has 0 unspecified atom stereocenters. The molecule has 0 spiro atoms. The summed E-state index contributed by atoms with van der Waals surface area (Å²) in [6, 6.07) is 10.2. The average Bonchev–Trinajstić information content (AvgIpc) is 2.64. The van der Waals surface area contributed by atoms with E-state index in [1.165, 1.54) is 4.90 Å². The van der Waals surface area contributed by atoms with Crippen LogP contribution in [0.3, 0.4) is 0 Å². The molecule has 0 aliphatic carbocycles. The number of hydrogen-bond acceptors (Lipinski definition) is 3. The molecule has 0 aliphatic rings. The second kappa shape index (κ2) is 10.4. The molecule has 2 aromatic rings. The van der Waals surface area contributed by atoms with Crippen LogP contribution in [0.2, 0.25) is 10.0 Å². The first-order valence-electron chi connectivity index (χ1n) is 10.1. The van der Waals surface area contributed by atoms with Crippen LogP contribution in [0, 0.1) is 13.8 Å². The maximum absolute atomic E-state index is 13.1. The van der Waals surface area contributed by atoms with Crippen LogP contribution in [-0.2, 0) is 16.1 Å². The highest BCUT2D eigenvalue weighted by atomic mass is 35.5. The van der Waals surface area contributed by atoms with Gasteiger partial charge in [-0.3, -0.25) is 9.59 Å². The van der Waals surface area contributed by atoms with E-state index in [-0.39, 0.29) is 25.0 Å². The van der Waals surface area contributed by atoms with Crippen molar-refractivity contribution in [1.29, 1.82) is 0 Å². The van der Waals surface area contributed by atoms with Gasteiger partial charge in [0.2, 0.25) is 5.91 Å². The lowest BCUT2D eigenvalue weighted by Gasteiger charge is -2.31. The van der Waals surface area contributed by atoms with Crippen LogP contribution < -0.4 is 10.1 Å². The predicted molar refractivity (Wildman–Crippen MR) is 126 cm³/mol. The van der Waals surface area contributed by atoms with Gasteiger partial charge >= 0.3 is 0 Å². The number of nitrogens with zero attached hydrogens (tertiary/aromatic N) is 1. The monoisotopic (exact) mass is 464 g/mol. The molecule has 0 bridgehead atoms. The van der Waals surface area contributed by atoms with Crippen molar-refractivity contribution in [3.63, 3.8) is 0 Å². The lowest BCUT2D eigenvalue weighted by Crippen LogP contribution is -2.53. The van der Waals surface area contributed by atoms with Gasteiger partial charge in [0.25, 0.3) is 5.91 Å². The Morgan fingerprint density at radius 3 is 2.19 bits per heavy atom. The number of halogens is 2. The number of aryl methyl sites for hydroxylation is 2. The summed E-state index contributed by atoms with van der Waals surface area (Å²) in [5, 5.41) is 3.75. The fraction of sp³-hybridized carbons (Fsp3) is 0.417. The molecule has 1 atom stereocenters. The minimum Gasteiger partial charge on any atom is -0.484 e. The summed E-state index contributed by atoms with van der Waals surface area (Å²) in [6.07, 6.45) is 0. The van der Waals surface area contributed by atoms with Gasteiger partial charge in [-0.05, 0) is 82.5 Å². The highest BCUT2D eigenvalue weighted by molar-refractivity contribution is 6.42. The van der Waals surface area contributed by atoms with Gasteiger partial charge < -0.3 is 15.0 Å². The number of rotatable bonds is 7. The van der Waals surface area contributed by atoms with Gasteiger partial charge in [0, 0.05) is 12.1 Å². The molecule has 0 aliphatic heterocycles. The summed E-state index contributed by atoms with van der Waals surface area (Å²) in [4.78, 5) is 27.4. The second-order valence-corrected chi connectivity index (χ2v) is 9.61. The van der Waals surface area contributed by atoms with Gasteiger partial charge in [-0.2, -0.15) is 0 Å². The third kappa shape index (κ3) is 7.75. The minimum atomic E-state index is -0.705. The summed E-state index contributed by atoms with van der Waals surface area (Å²) in [6.45, 7) is 11.3. The first kappa shape index (κ1) is 25.0. The first-order chi connectivity index (χ1) is 14.4. The Morgan fingerprint density at radius 1 is 1.03 bits per heavy atom. The van der Waals surface area contributed by atoms with Crippen molar-refractivity contribution in [3.05, 3.63) is 63.1 Å². The van der Waals surface area contributed by atoms with E-state index < -0.39 is 11.6 Å². The zero-order valence-electron chi connectivity index (χ0n) is 18.9. The van der Waals surface area contributed by atoms with Crippen LogP contribution >= 0.6 is 23.2 Å². The molecule has 7 heteroatoms. The second-order valence-electron chi connectivity index (χ2n) is 8.80. The van der Waals surface area contributed by atoms with Crippen LogP contribution in [0.15, 0.2) is 36.4 Å². The minimum absolute atomic E-state index is 0.183. The zero-order valence-corrected chi connectivity index (χ0v) is 20.4. The highest BCUT2D eigenvalue weighted by Gasteiger charge is 2.28. The summed E-state index contributed by atoms with van der Waals surface area (Å²) in [5.74, 6) is 0.0706. The Morgan fingerprint density at radius 2 is 1.65 bits per heavy atom. The van der Waals surface area contributed by atoms with Crippen molar-refractivity contribution in [2.24, 2.45) is 0 Å². The molecule has 2 aromatic carbocycles. The molecule has 0 fully saturated rings. The van der Waals surface area contributed by atoms with E-state index in [9.17, 15) is 9.59 Å². The number of ether oxygens (including phenoxy) is 1. The van der Waals surface area contributed by atoms with Crippen LogP contribution in [-0.4, -0.2) is 34.9 Å². The maximum Gasteiger partial charge on any atom is 0.261 e. The van der Waals surface area contributed by atoms with Gasteiger partial charge in [-0.25, -0.2) is 0 Å². The van der Waals surface area contributed by atoms with Crippen molar-refractivity contribution in [2.75, 3.05) is 6.61 Å². The number of amides is 2. The van der Waals surface area contributed by atoms with Gasteiger partial charge in [0.15, 0.2) is 6.61 Å². The van der Waals surface area contributed by atoms with E-state index in [0.29, 0.717) is 15.8 Å². The lowest BCUT2D eigenvalue weighted by molar-refractivity contribution is -0.142. The van der Waals surface area contributed by atoms with E-state index in [2.05, 4.69) is 5.32 Å². The third-order valence-electron chi connectivity index (χ3n) is 4.56. The predicted octanol–water partition coefficient (Wildman–Crippen LogP) is 5.32. The highest BCUT2D eigenvalue weighted by Crippen LogP contribution is 2.24. The number of carbonyl (C=O) groups excluding carboxylic acids is 2. The summed E-state index contributed by atoms with van der Waals surface area (Å²) in [5.41, 5.74) is 2.45. The Hall–Kier alpha value is -2.24. The Labute approximate surface area is 194 Å². The molecule has 5 nitrogen and oxygen atoms in total. The quantitative estimate of drug-likeness (QED) is 0.602. The largest absolute Gasteiger partial charge is 0.484 e. The number of nitrogens with one attached hydrogen (secondary N) is 1. The Balaban J connectivity index is 2.23. The standard InChI is InChI=1S/C24H30Cl2N2O3/c1-15-9-16(2)11-19(10-15)31-14-22(29)28(17(3)23(30)27-24(4,5)6)13-18-7-8-20(25)21(26)12-18/h7-12,17H,13-14H2,1-6H3,(H,27,30)/t17-/m0/s1. The molecule has 0 saturated carbocycles. The van der Waals surface area contributed by atoms with Gasteiger partial charge in [0.05, 0.1) is 10.0 Å². The van der Waals surface area contributed by atoms with Crippen molar-refractivity contribution in [2.45, 2.75) is 59.7 Å². The molecule has 1 N–H and O–H groups in total. The van der Waals surface area contributed by atoms with Crippen molar-refractivity contribution >= 4 is 35.0 Å². The summed E-state index contributed by atoms with van der Waals surface area (Å²) >= 11 is 12.1. The van der Waals surface area contributed by atoms with E-state index in [1.807, 2.05) is 52.8 Å². The fourth-order valence-corrected chi connectivity index (χ4v) is 3.46. The van der Waals surface area contributed by atoms with Crippen LogP contribution in [0.1, 0.15) is 44.4 Å². The summed E-state index contributed by atoms with van der Waals surface area (Å²) in [7, 11) is 0. The molecule has 0 radical (unpaired) electrons. The average molecular weight is 465 g/mol. The van der Waals surface area contributed by atoms with Crippen molar-refractivity contribution in [1.82, 2.24) is 10.2 Å². The van der Waals surface area contributed by atoms with Gasteiger partial charge in [-0.15, -0.1) is 0 Å². The Bertz CT molecular complexity index is 934. The van der Waals surface area contributed by atoms with E-state index >= 15 is 0 Å². The zero-order chi connectivity index (χ0) is 23.3. The molecule has 168 valence electrons. The van der Waals surface area contributed by atoms with E-state index in [4.69, 9.17) is 27.9 Å². The van der Waals surface area contributed by atoms with Crippen LogP contribution in [0.25, 0.3) is 0 Å². The molecular formula is C24H30Cl2N2O3. The first-order valence-corrected chi connectivity index (χ1v) is 10.9. The van der Waals surface area contributed by atoms with Gasteiger partial charge in [-0.1, -0.05) is 35.3 Å². The fourth-order valence-electron chi connectivity index (χ4n) is 3.14. The third-order valence-corrected chi connectivity index (χ3v) is 5.30. The molecule has 2 amide bonds. The molecule has 31 heavy (non-hydrogen) atoms. The SMILES string of the molecule is Cc1cc(C)cc(OCC(=O)N(Cc2ccc(Cl)c(Cl)c2)[C@@H](C)C(=O)NC(C)(C)C)c1. The smallest absolute Gasteiger partial charge is 0.261 e. The van der Waals surface area contributed by atoms with Crippen LogP contribution in [0.5, 0.6) is 5.75 Å². The van der Waals surface area contributed by atoms with Crippen LogP contribution in [0.4, 0.5) is 0 Å². The molecule has 0 aromatic heterocycles. The van der Waals surface area contributed by atoms with E-state index in [1.54, 1.807) is 25.1 Å². The molecule has 2 rings (SSSR count). The van der Waals surface area contributed by atoms with E-state index in [0.717, 1.165) is 16.7 Å². The lowest BCUT2D eigenvalue weighted by atomic mass is 10.1. The number of hydrogen-bond donors (Lipinski definition) is 1.